The highest BCUT2D eigenvalue weighted by Gasteiger charge is 2.19. The van der Waals surface area contributed by atoms with Crippen molar-refractivity contribution in [2.45, 2.75) is 20.4 Å². The van der Waals surface area contributed by atoms with E-state index in [2.05, 4.69) is 15.6 Å². The van der Waals surface area contributed by atoms with Crippen LogP contribution in [0.3, 0.4) is 0 Å². The lowest BCUT2D eigenvalue weighted by Crippen LogP contribution is -2.14. The van der Waals surface area contributed by atoms with E-state index in [0.29, 0.717) is 33.4 Å². The van der Waals surface area contributed by atoms with Gasteiger partial charge < -0.3 is 9.84 Å². The number of carbonyl (C=O) groups is 1. The average molecular weight is 425 g/mol. The Bertz CT molecular complexity index is 1200. The standard InChI is InChI=1S/C22H18ClFN4O2/c1-13-21(14(2)28(26-13)12-16-17(23)9-6-10-18(16)24)25-22(29)19-11-20(30-27-19)15-7-4-3-5-8-15/h3-11H,12H2,1-2H3,(H,25,29). The van der Waals surface area contributed by atoms with Crippen LogP contribution in [0.5, 0.6) is 0 Å². The third kappa shape index (κ3) is 3.84. The number of carbonyl (C=O) groups excluding carboxylic acids is 1. The number of hydrogen-bond donors (Lipinski definition) is 1. The molecule has 0 unspecified atom stereocenters. The van der Waals surface area contributed by atoms with E-state index in [9.17, 15) is 9.18 Å². The third-order valence-corrected chi connectivity index (χ3v) is 5.14. The van der Waals surface area contributed by atoms with Gasteiger partial charge in [-0.1, -0.05) is 53.2 Å². The molecule has 2 aromatic heterocycles. The molecule has 4 rings (SSSR count). The highest BCUT2D eigenvalue weighted by Crippen LogP contribution is 2.25. The van der Waals surface area contributed by atoms with Crippen LogP contribution >= 0.6 is 11.6 Å². The first-order valence-electron chi connectivity index (χ1n) is 9.24. The van der Waals surface area contributed by atoms with Crippen molar-refractivity contribution in [3.05, 3.63) is 88.1 Å². The molecule has 0 aliphatic carbocycles. The fourth-order valence-electron chi connectivity index (χ4n) is 3.16. The number of nitrogens with one attached hydrogen (secondary N) is 1. The zero-order valence-corrected chi connectivity index (χ0v) is 17.1. The molecular formula is C22H18ClFN4O2. The fourth-order valence-corrected chi connectivity index (χ4v) is 3.39. The second-order valence-corrected chi connectivity index (χ2v) is 7.21. The molecule has 1 N–H and O–H groups in total. The number of anilines is 1. The number of benzene rings is 2. The van der Waals surface area contributed by atoms with Gasteiger partial charge in [0.1, 0.15) is 5.82 Å². The van der Waals surface area contributed by atoms with Crippen molar-refractivity contribution in [2.75, 3.05) is 5.32 Å². The molecular weight excluding hydrogens is 407 g/mol. The molecule has 0 saturated heterocycles. The van der Waals surface area contributed by atoms with Crippen molar-refractivity contribution in [2.24, 2.45) is 0 Å². The Morgan fingerprint density at radius 3 is 2.67 bits per heavy atom. The topological polar surface area (TPSA) is 73.0 Å². The number of amides is 1. The Morgan fingerprint density at radius 1 is 1.17 bits per heavy atom. The van der Waals surface area contributed by atoms with Crippen molar-refractivity contribution in [1.82, 2.24) is 14.9 Å². The number of rotatable bonds is 5. The number of halogens is 2. The van der Waals surface area contributed by atoms with Gasteiger partial charge in [-0.2, -0.15) is 5.10 Å². The lowest BCUT2D eigenvalue weighted by atomic mass is 10.1. The van der Waals surface area contributed by atoms with Gasteiger partial charge in [0.25, 0.3) is 5.91 Å². The quantitative estimate of drug-likeness (QED) is 0.475. The maximum Gasteiger partial charge on any atom is 0.277 e. The van der Waals surface area contributed by atoms with Crippen molar-refractivity contribution in [3.8, 4) is 11.3 Å². The van der Waals surface area contributed by atoms with Gasteiger partial charge in [0.05, 0.1) is 23.6 Å². The Kier molecular flexibility index (Phi) is 5.37. The summed E-state index contributed by atoms with van der Waals surface area (Å²) in [5.74, 6) is -0.327. The molecule has 152 valence electrons. The van der Waals surface area contributed by atoms with Crippen LogP contribution in [-0.4, -0.2) is 20.8 Å². The summed E-state index contributed by atoms with van der Waals surface area (Å²) in [6.07, 6.45) is 0. The van der Waals surface area contributed by atoms with Crippen LogP contribution in [0.1, 0.15) is 27.4 Å². The maximum absolute atomic E-state index is 14.1. The summed E-state index contributed by atoms with van der Waals surface area (Å²) in [5.41, 5.74) is 3.12. The molecule has 2 heterocycles. The minimum atomic E-state index is -0.421. The summed E-state index contributed by atoms with van der Waals surface area (Å²) in [6.45, 7) is 3.71. The normalized spacial score (nSPS) is 10.9. The molecule has 30 heavy (non-hydrogen) atoms. The first-order chi connectivity index (χ1) is 14.4. The van der Waals surface area contributed by atoms with Crippen LogP contribution in [0.25, 0.3) is 11.3 Å². The molecule has 0 saturated carbocycles. The zero-order chi connectivity index (χ0) is 21.3. The number of aryl methyl sites for hydroxylation is 1. The number of nitrogens with zero attached hydrogens (tertiary/aromatic N) is 3. The Morgan fingerprint density at radius 2 is 1.93 bits per heavy atom. The molecule has 1 amide bonds. The van der Waals surface area contributed by atoms with E-state index in [1.807, 2.05) is 30.3 Å². The van der Waals surface area contributed by atoms with E-state index < -0.39 is 11.7 Å². The number of aromatic nitrogens is 3. The minimum absolute atomic E-state index is 0.149. The fraction of sp³-hybridized carbons (Fsp3) is 0.136. The lowest BCUT2D eigenvalue weighted by Gasteiger charge is -2.08. The maximum atomic E-state index is 14.1. The summed E-state index contributed by atoms with van der Waals surface area (Å²) in [4.78, 5) is 12.7. The van der Waals surface area contributed by atoms with Crippen LogP contribution in [-0.2, 0) is 6.54 Å². The molecule has 0 spiro atoms. The van der Waals surface area contributed by atoms with Gasteiger partial charge in [0.2, 0.25) is 0 Å². The van der Waals surface area contributed by atoms with Gasteiger partial charge in [-0.3, -0.25) is 9.48 Å². The smallest absolute Gasteiger partial charge is 0.277 e. The van der Waals surface area contributed by atoms with Gasteiger partial charge in [-0.25, -0.2) is 4.39 Å². The largest absolute Gasteiger partial charge is 0.355 e. The first kappa shape index (κ1) is 19.8. The van der Waals surface area contributed by atoms with E-state index in [-0.39, 0.29) is 12.2 Å². The molecule has 2 aromatic carbocycles. The average Bonchev–Trinajstić information content (AvgIpc) is 3.33. The van der Waals surface area contributed by atoms with Crippen LogP contribution in [0.4, 0.5) is 10.1 Å². The number of hydrogen-bond acceptors (Lipinski definition) is 4. The van der Waals surface area contributed by atoms with E-state index in [1.165, 1.54) is 6.07 Å². The van der Waals surface area contributed by atoms with Gasteiger partial charge in [-0.15, -0.1) is 0 Å². The van der Waals surface area contributed by atoms with E-state index in [1.54, 1.807) is 36.7 Å². The van der Waals surface area contributed by atoms with Crippen LogP contribution < -0.4 is 5.32 Å². The monoisotopic (exact) mass is 424 g/mol. The SMILES string of the molecule is Cc1nn(Cc2c(F)cccc2Cl)c(C)c1NC(=O)c1cc(-c2ccccc2)on1. The van der Waals surface area contributed by atoms with E-state index in [0.717, 1.165) is 5.56 Å². The molecule has 6 nitrogen and oxygen atoms in total. The predicted molar refractivity (Wildman–Crippen MR) is 112 cm³/mol. The van der Waals surface area contributed by atoms with Crippen LogP contribution in [0.2, 0.25) is 5.02 Å². The van der Waals surface area contributed by atoms with Crippen LogP contribution in [0, 0.1) is 19.7 Å². The Hall–Kier alpha value is -3.45. The summed E-state index contributed by atoms with van der Waals surface area (Å²) < 4.78 is 21.0. The second-order valence-electron chi connectivity index (χ2n) is 6.80. The zero-order valence-electron chi connectivity index (χ0n) is 16.3. The van der Waals surface area contributed by atoms with Crippen molar-refractivity contribution in [3.63, 3.8) is 0 Å². The van der Waals surface area contributed by atoms with Gasteiger partial charge >= 0.3 is 0 Å². The summed E-state index contributed by atoms with van der Waals surface area (Å²) >= 11 is 6.13. The van der Waals surface area contributed by atoms with E-state index in [4.69, 9.17) is 16.1 Å². The molecule has 4 aromatic rings. The molecule has 0 fully saturated rings. The summed E-state index contributed by atoms with van der Waals surface area (Å²) in [7, 11) is 0. The second kappa shape index (κ2) is 8.12. The molecule has 0 radical (unpaired) electrons. The molecule has 0 aliphatic heterocycles. The lowest BCUT2D eigenvalue weighted by molar-refractivity contribution is 0.101. The molecule has 0 atom stereocenters. The predicted octanol–water partition coefficient (Wildman–Crippen LogP) is 5.25. The third-order valence-electron chi connectivity index (χ3n) is 4.79. The highest BCUT2D eigenvalue weighted by atomic mass is 35.5. The summed E-state index contributed by atoms with van der Waals surface area (Å²) in [5, 5.41) is 11.4. The van der Waals surface area contributed by atoms with Crippen molar-refractivity contribution >= 4 is 23.2 Å². The van der Waals surface area contributed by atoms with Crippen molar-refractivity contribution in [1.29, 1.82) is 0 Å². The van der Waals surface area contributed by atoms with E-state index >= 15 is 0 Å². The molecule has 0 bridgehead atoms. The molecule has 8 heteroatoms. The van der Waals surface area contributed by atoms with Gasteiger partial charge in [0.15, 0.2) is 11.5 Å². The van der Waals surface area contributed by atoms with Gasteiger partial charge in [-0.05, 0) is 26.0 Å². The van der Waals surface area contributed by atoms with Crippen LogP contribution in [0.15, 0.2) is 59.1 Å². The Balaban J connectivity index is 1.56. The van der Waals surface area contributed by atoms with Crippen molar-refractivity contribution < 1.29 is 13.7 Å². The summed E-state index contributed by atoms with van der Waals surface area (Å²) in [6, 6.07) is 15.5. The first-order valence-corrected chi connectivity index (χ1v) is 9.62. The molecule has 0 aliphatic rings. The van der Waals surface area contributed by atoms with Gasteiger partial charge in [0, 0.05) is 22.2 Å². The Labute approximate surface area is 177 Å². The highest BCUT2D eigenvalue weighted by molar-refractivity contribution is 6.31. The minimum Gasteiger partial charge on any atom is -0.355 e.